The minimum Gasteiger partial charge on any atom is -0.309 e. The predicted octanol–water partition coefficient (Wildman–Crippen LogP) is 3.21. The summed E-state index contributed by atoms with van der Waals surface area (Å²) in [6.45, 7) is 10.9. The van der Waals surface area contributed by atoms with Crippen LogP contribution in [-0.4, -0.2) is 58.9 Å². The Morgan fingerprint density at radius 1 is 1.30 bits per heavy atom. The van der Waals surface area contributed by atoms with Crippen LogP contribution in [0.2, 0.25) is 0 Å². The molecule has 0 aromatic carbocycles. The summed E-state index contributed by atoms with van der Waals surface area (Å²) in [4.78, 5) is 4.22. The smallest absolute Gasteiger partial charge is 0.261 e. The highest BCUT2D eigenvalue weighted by molar-refractivity contribution is 7.95. The topological polar surface area (TPSA) is 15.7 Å². The van der Waals surface area contributed by atoms with Gasteiger partial charge in [0, 0.05) is 43.6 Å². The van der Waals surface area contributed by atoms with Gasteiger partial charge in [0.2, 0.25) is 0 Å². The molecule has 2 aliphatic rings. The predicted molar refractivity (Wildman–Crippen MR) is 79.0 cm³/mol. The number of hydrogen-bond acceptors (Lipinski definition) is 4. The zero-order valence-electron chi connectivity index (χ0n) is 12.9. The quantitative estimate of drug-likeness (QED) is 0.741. The molecular weight excluding hydrogens is 282 g/mol. The van der Waals surface area contributed by atoms with Gasteiger partial charge < -0.3 is 4.18 Å². The molecule has 0 amide bonds. The van der Waals surface area contributed by atoms with Gasteiger partial charge >= 0.3 is 0 Å². The molecule has 2 saturated heterocycles. The standard InChI is InChI=1S/C14H26F2N2OS/c1-11(17-8-6-14(15,16)10-17)20-19-12-5-7-18(9-12)13(2,3)4/h11-12H,5-10H2,1-4H3. The molecular formula is C14H26F2N2OS. The molecule has 2 unspecified atom stereocenters. The normalized spacial score (nSPS) is 30.0. The number of nitrogens with zero attached hydrogens (tertiary/aromatic N) is 2. The first-order valence-electron chi connectivity index (χ1n) is 7.36. The van der Waals surface area contributed by atoms with Crippen molar-refractivity contribution in [2.24, 2.45) is 0 Å². The molecule has 0 aromatic rings. The van der Waals surface area contributed by atoms with Crippen LogP contribution in [0.5, 0.6) is 0 Å². The van der Waals surface area contributed by atoms with Gasteiger partial charge in [-0.05, 0) is 34.1 Å². The molecule has 6 heteroatoms. The second-order valence-electron chi connectivity index (χ2n) is 6.90. The van der Waals surface area contributed by atoms with Crippen molar-refractivity contribution in [3.05, 3.63) is 0 Å². The first kappa shape index (κ1) is 16.5. The van der Waals surface area contributed by atoms with E-state index in [4.69, 9.17) is 4.18 Å². The summed E-state index contributed by atoms with van der Waals surface area (Å²) >= 11 is 1.35. The molecule has 0 saturated carbocycles. The lowest BCUT2D eigenvalue weighted by Crippen LogP contribution is -2.40. The van der Waals surface area contributed by atoms with Crippen molar-refractivity contribution < 1.29 is 13.0 Å². The summed E-state index contributed by atoms with van der Waals surface area (Å²) in [5, 5.41) is -0.00735. The Balaban J connectivity index is 1.71. The van der Waals surface area contributed by atoms with Gasteiger partial charge in [0.15, 0.2) is 0 Å². The van der Waals surface area contributed by atoms with E-state index in [1.54, 1.807) is 4.90 Å². The minimum atomic E-state index is -2.52. The van der Waals surface area contributed by atoms with Crippen LogP contribution in [0.1, 0.15) is 40.5 Å². The van der Waals surface area contributed by atoms with Gasteiger partial charge in [0.25, 0.3) is 5.92 Å². The van der Waals surface area contributed by atoms with Crippen molar-refractivity contribution in [3.8, 4) is 0 Å². The molecule has 2 heterocycles. The van der Waals surface area contributed by atoms with E-state index in [-0.39, 0.29) is 30.0 Å². The molecule has 0 spiro atoms. The summed E-state index contributed by atoms with van der Waals surface area (Å²) in [5.41, 5.74) is 0.172. The first-order chi connectivity index (χ1) is 9.17. The van der Waals surface area contributed by atoms with Crippen molar-refractivity contribution in [3.63, 3.8) is 0 Å². The van der Waals surface area contributed by atoms with Gasteiger partial charge in [-0.15, -0.1) is 0 Å². The third-order valence-corrected chi connectivity index (χ3v) is 5.10. The second kappa shape index (κ2) is 6.07. The van der Waals surface area contributed by atoms with Crippen LogP contribution in [0.3, 0.4) is 0 Å². The lowest BCUT2D eigenvalue weighted by atomic mass is 10.1. The van der Waals surface area contributed by atoms with Crippen LogP contribution in [-0.2, 0) is 4.18 Å². The molecule has 2 fully saturated rings. The summed E-state index contributed by atoms with van der Waals surface area (Å²) in [6.07, 6.45) is 1.21. The van der Waals surface area contributed by atoms with Crippen molar-refractivity contribution >= 4 is 12.0 Å². The fourth-order valence-corrected chi connectivity index (χ4v) is 3.49. The van der Waals surface area contributed by atoms with Crippen LogP contribution in [0, 0.1) is 0 Å². The van der Waals surface area contributed by atoms with E-state index in [0.717, 1.165) is 19.5 Å². The monoisotopic (exact) mass is 308 g/mol. The first-order valence-corrected chi connectivity index (χ1v) is 8.17. The van der Waals surface area contributed by atoms with E-state index in [0.29, 0.717) is 6.54 Å². The lowest BCUT2D eigenvalue weighted by Gasteiger charge is -2.31. The highest BCUT2D eigenvalue weighted by atomic mass is 32.2. The van der Waals surface area contributed by atoms with Crippen LogP contribution in [0.15, 0.2) is 0 Å². The molecule has 0 N–H and O–H groups in total. The molecule has 118 valence electrons. The van der Waals surface area contributed by atoms with Gasteiger partial charge in [-0.2, -0.15) is 0 Å². The van der Waals surface area contributed by atoms with Gasteiger partial charge in [-0.3, -0.25) is 9.80 Å². The molecule has 0 aliphatic carbocycles. The molecule has 2 aliphatic heterocycles. The second-order valence-corrected chi connectivity index (χ2v) is 7.96. The Morgan fingerprint density at radius 2 is 2.00 bits per heavy atom. The fourth-order valence-electron chi connectivity index (χ4n) is 2.71. The zero-order chi connectivity index (χ0) is 15.0. The summed E-state index contributed by atoms with van der Waals surface area (Å²) in [5.74, 6) is -2.52. The Morgan fingerprint density at radius 3 is 2.50 bits per heavy atom. The molecule has 3 nitrogen and oxygen atoms in total. The molecule has 2 rings (SSSR count). The van der Waals surface area contributed by atoms with Crippen LogP contribution in [0.4, 0.5) is 8.78 Å². The lowest BCUT2D eigenvalue weighted by molar-refractivity contribution is 0.0114. The average Bonchev–Trinajstić information content (AvgIpc) is 2.91. The summed E-state index contributed by atoms with van der Waals surface area (Å²) in [7, 11) is 0. The molecule has 0 radical (unpaired) electrons. The average molecular weight is 308 g/mol. The summed E-state index contributed by atoms with van der Waals surface area (Å²) in [6, 6.07) is 0. The Bertz CT molecular complexity index is 336. The maximum atomic E-state index is 13.2. The van der Waals surface area contributed by atoms with Gasteiger partial charge in [-0.25, -0.2) is 8.78 Å². The Kier molecular flexibility index (Phi) is 4.99. The third kappa shape index (κ3) is 4.29. The van der Waals surface area contributed by atoms with E-state index in [1.165, 1.54) is 12.0 Å². The van der Waals surface area contributed by atoms with Gasteiger partial charge in [0.05, 0.1) is 18.0 Å². The van der Waals surface area contributed by atoms with E-state index >= 15 is 0 Å². The van der Waals surface area contributed by atoms with E-state index < -0.39 is 5.92 Å². The van der Waals surface area contributed by atoms with Crippen LogP contribution >= 0.6 is 12.0 Å². The number of halogens is 2. The van der Waals surface area contributed by atoms with E-state index in [2.05, 4.69) is 25.7 Å². The Labute approximate surface area is 125 Å². The minimum absolute atomic E-state index is 0.00735. The van der Waals surface area contributed by atoms with Gasteiger partial charge in [0.1, 0.15) is 0 Å². The molecule has 20 heavy (non-hydrogen) atoms. The Hall–Kier alpha value is 0.0900. The van der Waals surface area contributed by atoms with Crippen molar-refractivity contribution in [2.45, 2.75) is 63.5 Å². The molecule has 0 aromatic heterocycles. The maximum Gasteiger partial charge on any atom is 0.261 e. The fraction of sp³-hybridized carbons (Fsp3) is 1.00. The van der Waals surface area contributed by atoms with Crippen LogP contribution in [0.25, 0.3) is 0 Å². The zero-order valence-corrected chi connectivity index (χ0v) is 13.7. The summed E-state index contributed by atoms with van der Waals surface area (Å²) < 4.78 is 32.2. The van der Waals surface area contributed by atoms with Crippen molar-refractivity contribution in [2.75, 3.05) is 26.2 Å². The van der Waals surface area contributed by atoms with Crippen LogP contribution < -0.4 is 0 Å². The number of rotatable bonds is 4. The highest BCUT2D eigenvalue weighted by Crippen LogP contribution is 2.32. The van der Waals surface area contributed by atoms with Crippen molar-refractivity contribution in [1.29, 1.82) is 0 Å². The number of hydrogen-bond donors (Lipinski definition) is 0. The highest BCUT2D eigenvalue weighted by Gasteiger charge is 2.40. The number of likely N-dealkylation sites (tertiary alicyclic amines) is 2. The third-order valence-electron chi connectivity index (χ3n) is 4.14. The number of alkyl halides is 2. The van der Waals surface area contributed by atoms with E-state index in [1.807, 2.05) is 6.92 Å². The van der Waals surface area contributed by atoms with E-state index in [9.17, 15) is 8.78 Å². The molecule has 2 atom stereocenters. The van der Waals surface area contributed by atoms with Crippen molar-refractivity contribution in [1.82, 2.24) is 9.80 Å². The SMILES string of the molecule is CC(SOC1CCN(C(C)(C)C)C1)N1CCC(F)(F)C1. The largest absolute Gasteiger partial charge is 0.309 e. The van der Waals surface area contributed by atoms with Gasteiger partial charge in [-0.1, -0.05) is 0 Å². The molecule has 0 bridgehead atoms. The maximum absolute atomic E-state index is 13.2.